The van der Waals surface area contributed by atoms with Gasteiger partial charge in [0.25, 0.3) is 5.91 Å². The minimum absolute atomic E-state index is 0.0280. The zero-order valence-electron chi connectivity index (χ0n) is 17.7. The third-order valence-electron chi connectivity index (χ3n) is 5.38. The molecule has 0 radical (unpaired) electrons. The summed E-state index contributed by atoms with van der Waals surface area (Å²) < 4.78 is 7.00. The lowest BCUT2D eigenvalue weighted by molar-refractivity contribution is -0.116. The Kier molecular flexibility index (Phi) is 5.95. The van der Waals surface area contributed by atoms with Gasteiger partial charge in [0, 0.05) is 17.9 Å². The molecule has 0 atom stereocenters. The fourth-order valence-corrected chi connectivity index (χ4v) is 4.65. The van der Waals surface area contributed by atoms with Crippen molar-refractivity contribution in [2.75, 3.05) is 17.2 Å². The SMILES string of the molecule is O=C(NCc1nnc(SCC(=O)N2CCc3ccccc32)n1-c1ccccc1)c1ccco1. The molecule has 1 aliphatic rings. The summed E-state index contributed by atoms with van der Waals surface area (Å²) in [6, 6.07) is 20.9. The van der Waals surface area contributed by atoms with Crippen molar-refractivity contribution in [2.45, 2.75) is 18.1 Å². The van der Waals surface area contributed by atoms with Crippen molar-refractivity contribution >= 4 is 29.3 Å². The molecule has 0 aliphatic carbocycles. The minimum Gasteiger partial charge on any atom is -0.459 e. The molecule has 0 spiro atoms. The number of hydrogen-bond acceptors (Lipinski definition) is 6. The van der Waals surface area contributed by atoms with E-state index in [0.29, 0.717) is 17.5 Å². The average molecular weight is 460 g/mol. The minimum atomic E-state index is -0.334. The van der Waals surface area contributed by atoms with Crippen LogP contribution in [0.1, 0.15) is 21.9 Å². The summed E-state index contributed by atoms with van der Waals surface area (Å²) >= 11 is 1.33. The van der Waals surface area contributed by atoms with E-state index in [-0.39, 0.29) is 29.9 Å². The van der Waals surface area contributed by atoms with Gasteiger partial charge in [-0.2, -0.15) is 0 Å². The van der Waals surface area contributed by atoms with Crippen molar-refractivity contribution in [1.82, 2.24) is 20.1 Å². The molecule has 166 valence electrons. The normalized spacial score (nSPS) is 12.5. The van der Waals surface area contributed by atoms with Gasteiger partial charge in [0.05, 0.1) is 18.6 Å². The molecule has 33 heavy (non-hydrogen) atoms. The summed E-state index contributed by atoms with van der Waals surface area (Å²) in [5, 5.41) is 12.0. The first-order chi connectivity index (χ1) is 16.2. The number of carbonyl (C=O) groups is 2. The number of para-hydroxylation sites is 2. The van der Waals surface area contributed by atoms with Crippen molar-refractivity contribution < 1.29 is 14.0 Å². The summed E-state index contributed by atoms with van der Waals surface area (Å²) in [6.45, 7) is 0.851. The topological polar surface area (TPSA) is 93.3 Å². The van der Waals surface area contributed by atoms with Crippen LogP contribution in [-0.4, -0.2) is 38.9 Å². The van der Waals surface area contributed by atoms with Crippen molar-refractivity contribution in [3.8, 4) is 5.69 Å². The van der Waals surface area contributed by atoms with Crippen LogP contribution in [-0.2, 0) is 17.8 Å². The molecule has 0 unspecified atom stereocenters. The maximum atomic E-state index is 13.0. The van der Waals surface area contributed by atoms with Gasteiger partial charge in [0.1, 0.15) is 0 Å². The molecule has 0 saturated carbocycles. The van der Waals surface area contributed by atoms with Gasteiger partial charge in [0.2, 0.25) is 5.91 Å². The van der Waals surface area contributed by atoms with Crippen LogP contribution in [0.3, 0.4) is 0 Å². The lowest BCUT2D eigenvalue weighted by atomic mass is 10.2. The molecule has 4 aromatic rings. The van der Waals surface area contributed by atoms with Gasteiger partial charge in [-0.25, -0.2) is 0 Å². The molecular formula is C24H21N5O3S. The predicted octanol–water partition coefficient (Wildman–Crippen LogP) is 3.47. The second-order valence-electron chi connectivity index (χ2n) is 7.44. The lowest BCUT2D eigenvalue weighted by Crippen LogP contribution is -2.30. The molecule has 5 rings (SSSR count). The number of furan rings is 1. The predicted molar refractivity (Wildman–Crippen MR) is 124 cm³/mol. The zero-order valence-corrected chi connectivity index (χ0v) is 18.5. The van der Waals surface area contributed by atoms with Crippen LogP contribution in [0.2, 0.25) is 0 Å². The number of benzene rings is 2. The Labute approximate surface area is 194 Å². The number of rotatable bonds is 7. The third-order valence-corrected chi connectivity index (χ3v) is 6.29. The smallest absolute Gasteiger partial charge is 0.287 e. The maximum Gasteiger partial charge on any atom is 0.287 e. The summed E-state index contributed by atoms with van der Waals surface area (Å²) in [6.07, 6.45) is 2.32. The fourth-order valence-electron chi connectivity index (χ4n) is 3.80. The summed E-state index contributed by atoms with van der Waals surface area (Å²) in [5.41, 5.74) is 3.03. The van der Waals surface area contributed by atoms with E-state index in [1.54, 1.807) is 12.1 Å². The number of aromatic nitrogens is 3. The number of nitrogens with one attached hydrogen (secondary N) is 1. The number of thioether (sulfide) groups is 1. The van der Waals surface area contributed by atoms with Gasteiger partial charge >= 0.3 is 0 Å². The molecule has 2 amide bonds. The maximum absolute atomic E-state index is 13.0. The van der Waals surface area contributed by atoms with Gasteiger partial charge in [-0.15, -0.1) is 10.2 Å². The van der Waals surface area contributed by atoms with Crippen molar-refractivity contribution in [3.05, 3.63) is 90.1 Å². The quantitative estimate of drug-likeness (QED) is 0.426. The van der Waals surface area contributed by atoms with Crippen molar-refractivity contribution in [3.63, 3.8) is 0 Å². The first kappa shape index (κ1) is 21.0. The molecule has 1 N–H and O–H groups in total. The highest BCUT2D eigenvalue weighted by molar-refractivity contribution is 7.99. The highest BCUT2D eigenvalue weighted by Gasteiger charge is 2.25. The van der Waals surface area contributed by atoms with Crippen molar-refractivity contribution in [1.29, 1.82) is 0 Å². The van der Waals surface area contributed by atoms with E-state index in [0.717, 1.165) is 17.8 Å². The van der Waals surface area contributed by atoms with Crippen LogP contribution in [0, 0.1) is 0 Å². The van der Waals surface area contributed by atoms with Gasteiger partial charge < -0.3 is 14.6 Å². The lowest BCUT2D eigenvalue weighted by Gasteiger charge is -2.17. The Morgan fingerprint density at radius 3 is 2.64 bits per heavy atom. The molecule has 1 aliphatic heterocycles. The molecular weight excluding hydrogens is 438 g/mol. The van der Waals surface area contributed by atoms with Crippen LogP contribution in [0.25, 0.3) is 5.69 Å². The van der Waals surface area contributed by atoms with Gasteiger partial charge in [-0.1, -0.05) is 48.2 Å². The number of amides is 2. The van der Waals surface area contributed by atoms with Gasteiger partial charge in [0.15, 0.2) is 16.7 Å². The Bertz CT molecular complexity index is 1270. The second kappa shape index (κ2) is 9.33. The largest absolute Gasteiger partial charge is 0.459 e. The Hall–Kier alpha value is -3.85. The van der Waals surface area contributed by atoms with E-state index in [4.69, 9.17) is 4.42 Å². The molecule has 3 heterocycles. The number of fused-ring (bicyclic) bond motifs is 1. The third kappa shape index (κ3) is 4.40. The fraction of sp³-hybridized carbons (Fsp3) is 0.167. The van der Waals surface area contributed by atoms with E-state index in [1.807, 2.05) is 58.0 Å². The Morgan fingerprint density at radius 2 is 1.82 bits per heavy atom. The molecule has 9 heteroatoms. The number of anilines is 1. The molecule has 0 saturated heterocycles. The van der Waals surface area contributed by atoms with Gasteiger partial charge in [-0.05, 0) is 42.3 Å². The first-order valence-corrected chi connectivity index (χ1v) is 11.5. The molecule has 0 fully saturated rings. The Morgan fingerprint density at radius 1 is 1.00 bits per heavy atom. The van der Waals surface area contributed by atoms with Gasteiger partial charge in [-0.3, -0.25) is 14.2 Å². The zero-order chi connectivity index (χ0) is 22.6. The molecule has 0 bridgehead atoms. The number of nitrogens with zero attached hydrogens (tertiary/aromatic N) is 4. The molecule has 8 nitrogen and oxygen atoms in total. The number of hydrogen-bond donors (Lipinski definition) is 1. The molecule has 2 aromatic heterocycles. The van der Waals surface area contributed by atoms with E-state index < -0.39 is 0 Å². The van der Waals surface area contributed by atoms with Crippen LogP contribution in [0.5, 0.6) is 0 Å². The highest BCUT2D eigenvalue weighted by atomic mass is 32.2. The van der Waals surface area contributed by atoms with Crippen molar-refractivity contribution in [2.24, 2.45) is 0 Å². The summed E-state index contributed by atoms with van der Waals surface area (Å²) in [4.78, 5) is 27.1. The molecule has 2 aromatic carbocycles. The van der Waals surface area contributed by atoms with Crippen LogP contribution >= 0.6 is 11.8 Å². The van der Waals surface area contributed by atoms with Crippen LogP contribution in [0.15, 0.2) is 82.6 Å². The number of carbonyl (C=O) groups excluding carboxylic acids is 2. The van der Waals surface area contributed by atoms with Crippen LogP contribution < -0.4 is 10.2 Å². The van der Waals surface area contributed by atoms with E-state index >= 15 is 0 Å². The highest BCUT2D eigenvalue weighted by Crippen LogP contribution is 2.29. The van der Waals surface area contributed by atoms with E-state index in [2.05, 4.69) is 21.6 Å². The summed E-state index contributed by atoms with van der Waals surface area (Å²) in [7, 11) is 0. The first-order valence-electron chi connectivity index (χ1n) is 10.5. The van der Waals surface area contributed by atoms with E-state index in [9.17, 15) is 9.59 Å². The van der Waals surface area contributed by atoms with E-state index in [1.165, 1.54) is 23.6 Å². The standard InChI is InChI=1S/C24H21N5O3S/c30-22(28-13-12-17-7-4-5-10-19(17)28)16-33-24-27-26-21(29(24)18-8-2-1-3-9-18)15-25-23(31)20-11-6-14-32-20/h1-11,14H,12-13,15-16H2,(H,25,31). The summed E-state index contributed by atoms with van der Waals surface area (Å²) in [5.74, 6) is 0.715. The monoisotopic (exact) mass is 459 g/mol. The average Bonchev–Trinajstić information content (AvgIpc) is 3.61. The second-order valence-corrected chi connectivity index (χ2v) is 8.39. The van der Waals surface area contributed by atoms with Crippen LogP contribution in [0.4, 0.5) is 5.69 Å². The Balaban J connectivity index is 1.33.